The lowest BCUT2D eigenvalue weighted by molar-refractivity contribution is 0.0953. The fourth-order valence-corrected chi connectivity index (χ4v) is 4.38. The molecule has 2 atom stereocenters. The maximum atomic E-state index is 11.9. The van der Waals surface area contributed by atoms with E-state index in [0.717, 1.165) is 110 Å². The average Bonchev–Trinajstić information content (AvgIpc) is 3.13. The Balaban J connectivity index is 0.000000281. The predicted octanol–water partition coefficient (Wildman–Crippen LogP) is 0.00410. The molecule has 9 N–H and O–H groups in total. The third-order valence-electron chi connectivity index (χ3n) is 6.52. The minimum atomic E-state index is 0.0221. The van der Waals surface area contributed by atoms with E-state index < -0.39 is 0 Å². The summed E-state index contributed by atoms with van der Waals surface area (Å²) in [4.78, 5) is 11.9. The van der Waals surface area contributed by atoms with E-state index in [2.05, 4.69) is 37.2 Å². The molecular formula is C27H52N8O. The van der Waals surface area contributed by atoms with Crippen LogP contribution in [0.5, 0.6) is 0 Å². The molecule has 9 heteroatoms. The third kappa shape index (κ3) is 15.5. The number of hydrogen-bond acceptors (Lipinski definition) is 8. The van der Waals surface area contributed by atoms with Gasteiger partial charge in [0.1, 0.15) is 0 Å². The Morgan fingerprint density at radius 1 is 0.722 bits per heavy atom. The van der Waals surface area contributed by atoms with E-state index in [1.54, 1.807) is 0 Å². The van der Waals surface area contributed by atoms with Crippen molar-refractivity contribution >= 4 is 5.91 Å². The van der Waals surface area contributed by atoms with Gasteiger partial charge in [0.15, 0.2) is 0 Å². The molecule has 1 aromatic rings. The molecule has 2 saturated heterocycles. The second-order valence-electron chi connectivity index (χ2n) is 9.61. The van der Waals surface area contributed by atoms with Crippen LogP contribution in [0.3, 0.4) is 0 Å². The zero-order valence-corrected chi connectivity index (χ0v) is 22.3. The number of carbonyl (C=O) groups is 1. The number of carbonyl (C=O) groups excluding carboxylic acids is 1. The van der Waals surface area contributed by atoms with Gasteiger partial charge in [-0.15, -0.1) is 0 Å². The first-order chi connectivity index (χ1) is 17.8. The summed E-state index contributed by atoms with van der Waals surface area (Å²) in [5.41, 5.74) is 6.21. The Morgan fingerprint density at radius 3 is 1.83 bits per heavy atom. The van der Waals surface area contributed by atoms with Gasteiger partial charge in [-0.3, -0.25) is 4.79 Å². The number of nitrogens with one attached hydrogen (secondary N) is 7. The van der Waals surface area contributed by atoms with Gasteiger partial charge in [-0.1, -0.05) is 31.0 Å². The van der Waals surface area contributed by atoms with Crippen molar-refractivity contribution in [1.29, 1.82) is 0 Å². The van der Waals surface area contributed by atoms with Gasteiger partial charge < -0.3 is 43.0 Å². The molecule has 1 aromatic carbocycles. The Labute approximate surface area is 218 Å². The molecule has 0 aliphatic carbocycles. The first-order valence-electron chi connectivity index (χ1n) is 14.1. The first kappa shape index (κ1) is 30.6. The summed E-state index contributed by atoms with van der Waals surface area (Å²) < 4.78 is 0. The zero-order valence-electron chi connectivity index (χ0n) is 22.3. The number of unbranched alkanes of at least 4 members (excludes halogenated alkanes) is 2. The van der Waals surface area contributed by atoms with Crippen LogP contribution in [0.1, 0.15) is 48.9 Å². The fraction of sp³-hybridized carbons (Fsp3) is 0.741. The highest BCUT2D eigenvalue weighted by molar-refractivity contribution is 5.94. The number of nitrogens with two attached hydrogens (primary N) is 1. The van der Waals surface area contributed by atoms with Crippen LogP contribution >= 0.6 is 0 Å². The topological polar surface area (TPSA) is 127 Å². The standard InChI is InChI=1S/C17H28N4O.C10H24N4/c22-17(15-6-2-1-3-7-15)21-9-5-4-8-16-14-19-11-10-18-12-13-20-16;11-4-2-1-3-10-9-13-6-5-12-7-8-14-10/h1-3,6-7,16,18-20H,4-5,8-14H2,(H,21,22);10,12-14H,1-9,11H2/t16-;10-/m00/s1. The van der Waals surface area contributed by atoms with E-state index in [-0.39, 0.29) is 5.91 Å². The van der Waals surface area contributed by atoms with Crippen LogP contribution in [-0.2, 0) is 0 Å². The highest BCUT2D eigenvalue weighted by Gasteiger charge is 2.10. The number of amides is 1. The van der Waals surface area contributed by atoms with E-state index in [9.17, 15) is 4.79 Å². The molecule has 0 aromatic heterocycles. The van der Waals surface area contributed by atoms with Gasteiger partial charge in [-0.2, -0.15) is 0 Å². The molecule has 0 radical (unpaired) electrons. The van der Waals surface area contributed by atoms with Gasteiger partial charge in [0.2, 0.25) is 0 Å². The maximum Gasteiger partial charge on any atom is 0.251 e. The van der Waals surface area contributed by atoms with Crippen molar-refractivity contribution in [3.8, 4) is 0 Å². The maximum absolute atomic E-state index is 11.9. The van der Waals surface area contributed by atoms with Crippen LogP contribution < -0.4 is 43.0 Å². The van der Waals surface area contributed by atoms with E-state index >= 15 is 0 Å². The Morgan fingerprint density at radius 2 is 1.25 bits per heavy atom. The van der Waals surface area contributed by atoms with Crippen molar-refractivity contribution in [2.24, 2.45) is 5.73 Å². The Bertz CT molecular complexity index is 628. The molecule has 206 valence electrons. The molecule has 9 nitrogen and oxygen atoms in total. The normalized spacial score (nSPS) is 21.8. The second kappa shape index (κ2) is 21.5. The molecule has 0 unspecified atom stereocenters. The molecule has 2 fully saturated rings. The molecule has 0 saturated carbocycles. The molecular weight excluding hydrogens is 452 g/mol. The minimum absolute atomic E-state index is 0.0221. The van der Waals surface area contributed by atoms with E-state index in [4.69, 9.17) is 5.73 Å². The second-order valence-corrected chi connectivity index (χ2v) is 9.61. The lowest BCUT2D eigenvalue weighted by Crippen LogP contribution is -2.39. The van der Waals surface area contributed by atoms with Gasteiger partial charge in [0.25, 0.3) is 5.91 Å². The fourth-order valence-electron chi connectivity index (χ4n) is 4.38. The van der Waals surface area contributed by atoms with E-state index in [1.165, 1.54) is 12.8 Å². The molecule has 1 amide bonds. The van der Waals surface area contributed by atoms with Crippen LogP contribution in [0.4, 0.5) is 0 Å². The van der Waals surface area contributed by atoms with Crippen LogP contribution in [0.15, 0.2) is 30.3 Å². The van der Waals surface area contributed by atoms with Gasteiger partial charge in [-0.05, 0) is 44.4 Å². The van der Waals surface area contributed by atoms with Crippen LogP contribution in [-0.4, -0.2) is 96.5 Å². The van der Waals surface area contributed by atoms with Crippen molar-refractivity contribution in [3.05, 3.63) is 35.9 Å². The van der Waals surface area contributed by atoms with E-state index in [1.807, 2.05) is 30.3 Å². The summed E-state index contributed by atoms with van der Waals surface area (Å²) in [6.07, 6.45) is 6.93. The molecule has 0 spiro atoms. The average molecular weight is 505 g/mol. The summed E-state index contributed by atoms with van der Waals surface area (Å²) in [6.45, 7) is 12.1. The first-order valence-corrected chi connectivity index (χ1v) is 14.1. The quantitative estimate of drug-likeness (QED) is 0.209. The van der Waals surface area contributed by atoms with Gasteiger partial charge in [0.05, 0.1) is 0 Å². The SMILES string of the molecule is NCCCC[C@H]1CNCCNCCN1.O=C(NCCCC[C@H]1CNCCNCCN1)c1ccccc1. The van der Waals surface area contributed by atoms with Crippen LogP contribution in [0, 0.1) is 0 Å². The van der Waals surface area contributed by atoms with Crippen LogP contribution in [0.25, 0.3) is 0 Å². The Hall–Kier alpha value is -1.59. The third-order valence-corrected chi connectivity index (χ3v) is 6.52. The number of hydrogen-bond donors (Lipinski definition) is 8. The van der Waals surface area contributed by atoms with Crippen molar-refractivity contribution in [1.82, 2.24) is 37.2 Å². The predicted molar refractivity (Wildman–Crippen MR) is 151 cm³/mol. The molecule has 2 aliphatic heterocycles. The lowest BCUT2D eigenvalue weighted by atomic mass is 10.1. The van der Waals surface area contributed by atoms with Crippen molar-refractivity contribution in [2.45, 2.75) is 50.6 Å². The highest BCUT2D eigenvalue weighted by Crippen LogP contribution is 2.02. The number of benzene rings is 1. The smallest absolute Gasteiger partial charge is 0.251 e. The zero-order chi connectivity index (χ0) is 25.5. The monoisotopic (exact) mass is 504 g/mol. The van der Waals surface area contributed by atoms with Crippen LogP contribution in [0.2, 0.25) is 0 Å². The molecule has 3 rings (SSSR count). The summed E-state index contributed by atoms with van der Waals surface area (Å²) in [5.74, 6) is 0.0221. The van der Waals surface area contributed by atoms with Gasteiger partial charge in [0, 0.05) is 89.6 Å². The summed E-state index contributed by atoms with van der Waals surface area (Å²) in [7, 11) is 0. The summed E-state index contributed by atoms with van der Waals surface area (Å²) >= 11 is 0. The van der Waals surface area contributed by atoms with Gasteiger partial charge in [-0.25, -0.2) is 0 Å². The molecule has 36 heavy (non-hydrogen) atoms. The lowest BCUT2D eigenvalue weighted by Gasteiger charge is -2.18. The summed E-state index contributed by atoms with van der Waals surface area (Å²) in [6, 6.07) is 10.5. The molecule has 2 aliphatic rings. The summed E-state index contributed by atoms with van der Waals surface area (Å²) in [5, 5.41) is 23.8. The highest BCUT2D eigenvalue weighted by atomic mass is 16.1. The van der Waals surface area contributed by atoms with Crippen molar-refractivity contribution < 1.29 is 4.79 Å². The number of rotatable bonds is 10. The van der Waals surface area contributed by atoms with Crippen molar-refractivity contribution in [3.63, 3.8) is 0 Å². The minimum Gasteiger partial charge on any atom is -0.352 e. The van der Waals surface area contributed by atoms with E-state index in [0.29, 0.717) is 12.1 Å². The molecule has 2 heterocycles. The Kier molecular flexibility index (Phi) is 18.3. The largest absolute Gasteiger partial charge is 0.352 e. The molecule has 0 bridgehead atoms. The van der Waals surface area contributed by atoms with Gasteiger partial charge >= 0.3 is 0 Å². The van der Waals surface area contributed by atoms with Crippen molar-refractivity contribution in [2.75, 3.05) is 78.5 Å².